The van der Waals surface area contributed by atoms with Crippen LogP contribution in [0.25, 0.3) is 0 Å². The lowest BCUT2D eigenvalue weighted by molar-refractivity contribution is -0.144. The van der Waals surface area contributed by atoms with Crippen molar-refractivity contribution < 1.29 is 9.53 Å². The molecule has 0 heterocycles. The van der Waals surface area contributed by atoms with Gasteiger partial charge < -0.3 is 4.74 Å². The molecule has 0 spiro atoms. The second-order valence-corrected chi connectivity index (χ2v) is 5.45. The fraction of sp³-hybridized carbons (Fsp3) is 0.588. The summed E-state index contributed by atoms with van der Waals surface area (Å²) >= 11 is 0. The van der Waals surface area contributed by atoms with Crippen LogP contribution in [0, 0.1) is 0 Å². The number of nitrogens with zero attached hydrogens (tertiary/aromatic N) is 1. The normalized spacial score (nSPS) is 14.5. The molecule has 0 aliphatic heterocycles. The van der Waals surface area contributed by atoms with Gasteiger partial charge in [0, 0.05) is 6.04 Å². The van der Waals surface area contributed by atoms with Gasteiger partial charge in [0.2, 0.25) is 0 Å². The maximum Gasteiger partial charge on any atom is 0.320 e. The summed E-state index contributed by atoms with van der Waals surface area (Å²) in [4.78, 5) is 13.9. The first-order valence-corrected chi connectivity index (χ1v) is 7.73. The average Bonchev–Trinajstić information content (AvgIpc) is 3.28. The summed E-state index contributed by atoms with van der Waals surface area (Å²) in [7, 11) is 0. The smallest absolute Gasteiger partial charge is 0.320 e. The van der Waals surface area contributed by atoms with Gasteiger partial charge in [-0.1, -0.05) is 30.3 Å². The lowest BCUT2D eigenvalue weighted by Crippen LogP contribution is -2.33. The van der Waals surface area contributed by atoms with Gasteiger partial charge in [0.15, 0.2) is 0 Å². The van der Waals surface area contributed by atoms with Crippen molar-refractivity contribution in [2.75, 3.05) is 19.7 Å². The van der Waals surface area contributed by atoms with Crippen LogP contribution < -0.4 is 0 Å². The van der Waals surface area contributed by atoms with E-state index in [1.54, 1.807) is 0 Å². The molecule has 3 heteroatoms. The van der Waals surface area contributed by atoms with Crippen molar-refractivity contribution >= 4 is 5.97 Å². The van der Waals surface area contributed by atoms with E-state index >= 15 is 0 Å². The molecule has 0 radical (unpaired) electrons. The number of rotatable bonds is 9. The molecular formula is C17H25NO2. The summed E-state index contributed by atoms with van der Waals surface area (Å²) < 4.78 is 5.05. The predicted octanol–water partition coefficient (Wildman–Crippen LogP) is 3.04. The third kappa shape index (κ3) is 5.33. The molecule has 0 atom stereocenters. The monoisotopic (exact) mass is 275 g/mol. The molecule has 0 N–H and O–H groups in total. The zero-order chi connectivity index (χ0) is 14.2. The Morgan fingerprint density at radius 3 is 2.65 bits per heavy atom. The lowest BCUT2D eigenvalue weighted by atomic mass is 10.1. The first-order valence-electron chi connectivity index (χ1n) is 7.73. The summed E-state index contributed by atoms with van der Waals surface area (Å²) in [6.45, 7) is 3.81. The second-order valence-electron chi connectivity index (χ2n) is 5.45. The largest absolute Gasteiger partial charge is 0.465 e. The molecule has 1 fully saturated rings. The van der Waals surface area contributed by atoms with Crippen LogP contribution in [0.5, 0.6) is 0 Å². The van der Waals surface area contributed by atoms with Crippen molar-refractivity contribution in [3.05, 3.63) is 35.9 Å². The van der Waals surface area contributed by atoms with Crippen molar-refractivity contribution in [2.24, 2.45) is 0 Å². The van der Waals surface area contributed by atoms with Crippen molar-refractivity contribution in [1.29, 1.82) is 0 Å². The minimum Gasteiger partial charge on any atom is -0.465 e. The van der Waals surface area contributed by atoms with Gasteiger partial charge in [-0.05, 0) is 51.1 Å². The minimum atomic E-state index is -0.0811. The maximum absolute atomic E-state index is 11.6. The maximum atomic E-state index is 11.6. The molecule has 0 unspecified atom stereocenters. The summed E-state index contributed by atoms with van der Waals surface area (Å²) in [5.41, 5.74) is 1.40. The zero-order valence-corrected chi connectivity index (χ0v) is 12.4. The number of hydrogen-bond donors (Lipinski definition) is 0. The van der Waals surface area contributed by atoms with Crippen LogP contribution in [0.2, 0.25) is 0 Å². The molecule has 1 saturated carbocycles. The molecule has 0 amide bonds. The molecule has 1 aromatic carbocycles. The molecule has 1 aliphatic rings. The number of ether oxygens (including phenoxy) is 1. The Hall–Kier alpha value is -1.35. The molecule has 0 aromatic heterocycles. The molecule has 1 aliphatic carbocycles. The molecule has 1 aromatic rings. The van der Waals surface area contributed by atoms with Gasteiger partial charge in [-0.25, -0.2) is 0 Å². The molecular weight excluding hydrogens is 250 g/mol. The number of benzene rings is 1. The standard InChI is InChI=1S/C17H25NO2/c1-2-20-17(19)14-18(16-11-12-16)13-7-6-10-15-8-4-3-5-9-15/h3-5,8-9,16H,2,6-7,10-14H2,1H3. The van der Waals surface area contributed by atoms with Crippen LogP contribution in [-0.4, -0.2) is 36.6 Å². The molecule has 2 rings (SSSR count). The average molecular weight is 275 g/mol. The van der Waals surface area contributed by atoms with Gasteiger partial charge in [0.05, 0.1) is 13.2 Å². The van der Waals surface area contributed by atoms with E-state index in [1.807, 2.05) is 6.92 Å². The Bertz CT molecular complexity index is 401. The van der Waals surface area contributed by atoms with Crippen LogP contribution in [0.1, 0.15) is 38.2 Å². The Morgan fingerprint density at radius 2 is 2.00 bits per heavy atom. The van der Waals surface area contributed by atoms with Gasteiger partial charge >= 0.3 is 5.97 Å². The number of carbonyl (C=O) groups excluding carboxylic acids is 1. The first kappa shape index (κ1) is 15.0. The third-order valence-corrected chi connectivity index (χ3v) is 3.70. The molecule has 0 bridgehead atoms. The van der Waals surface area contributed by atoms with E-state index in [0.29, 0.717) is 19.2 Å². The molecule has 110 valence electrons. The summed E-state index contributed by atoms with van der Waals surface area (Å²) in [6.07, 6.45) is 5.91. The summed E-state index contributed by atoms with van der Waals surface area (Å²) in [5.74, 6) is -0.0811. The Labute approximate surface area is 121 Å². The van der Waals surface area contributed by atoms with Gasteiger partial charge in [0.25, 0.3) is 0 Å². The van der Waals surface area contributed by atoms with E-state index in [1.165, 1.54) is 24.8 Å². The highest BCUT2D eigenvalue weighted by molar-refractivity contribution is 5.71. The van der Waals surface area contributed by atoms with E-state index < -0.39 is 0 Å². The predicted molar refractivity (Wildman–Crippen MR) is 80.6 cm³/mol. The highest BCUT2D eigenvalue weighted by atomic mass is 16.5. The van der Waals surface area contributed by atoms with Gasteiger partial charge in [-0.2, -0.15) is 0 Å². The summed E-state index contributed by atoms with van der Waals surface area (Å²) in [6, 6.07) is 11.2. The highest BCUT2D eigenvalue weighted by Gasteiger charge is 2.30. The Kier molecular flexibility index (Phi) is 6.06. The lowest BCUT2D eigenvalue weighted by Gasteiger charge is -2.20. The minimum absolute atomic E-state index is 0.0811. The van der Waals surface area contributed by atoms with Gasteiger partial charge in [0.1, 0.15) is 0 Å². The van der Waals surface area contributed by atoms with E-state index in [2.05, 4.69) is 35.2 Å². The van der Waals surface area contributed by atoms with Crippen molar-refractivity contribution in [2.45, 2.75) is 45.1 Å². The number of aryl methyl sites for hydroxylation is 1. The molecule has 3 nitrogen and oxygen atoms in total. The van der Waals surface area contributed by atoms with E-state index in [0.717, 1.165) is 19.4 Å². The Morgan fingerprint density at radius 1 is 1.25 bits per heavy atom. The van der Waals surface area contributed by atoms with Gasteiger partial charge in [-0.3, -0.25) is 9.69 Å². The summed E-state index contributed by atoms with van der Waals surface area (Å²) in [5, 5.41) is 0. The Balaban J connectivity index is 1.66. The van der Waals surface area contributed by atoms with Crippen LogP contribution >= 0.6 is 0 Å². The van der Waals surface area contributed by atoms with Crippen molar-refractivity contribution in [3.8, 4) is 0 Å². The third-order valence-electron chi connectivity index (χ3n) is 3.70. The fourth-order valence-electron chi connectivity index (χ4n) is 2.49. The SMILES string of the molecule is CCOC(=O)CN(CCCCc1ccccc1)C1CC1. The zero-order valence-electron chi connectivity index (χ0n) is 12.4. The van der Waals surface area contributed by atoms with E-state index in [-0.39, 0.29) is 5.97 Å². The van der Waals surface area contributed by atoms with E-state index in [9.17, 15) is 4.79 Å². The number of hydrogen-bond acceptors (Lipinski definition) is 3. The van der Waals surface area contributed by atoms with Crippen molar-refractivity contribution in [3.63, 3.8) is 0 Å². The van der Waals surface area contributed by atoms with Gasteiger partial charge in [-0.15, -0.1) is 0 Å². The number of unbranched alkanes of at least 4 members (excludes halogenated alkanes) is 1. The first-order chi connectivity index (χ1) is 9.79. The van der Waals surface area contributed by atoms with Crippen molar-refractivity contribution in [1.82, 2.24) is 4.90 Å². The second kappa shape index (κ2) is 8.05. The van der Waals surface area contributed by atoms with Crippen LogP contribution in [0.3, 0.4) is 0 Å². The number of esters is 1. The topological polar surface area (TPSA) is 29.5 Å². The van der Waals surface area contributed by atoms with E-state index in [4.69, 9.17) is 4.74 Å². The quantitative estimate of drug-likeness (QED) is 0.512. The molecule has 0 saturated heterocycles. The fourth-order valence-corrected chi connectivity index (χ4v) is 2.49. The van der Waals surface area contributed by atoms with Crippen LogP contribution in [-0.2, 0) is 16.0 Å². The molecule has 20 heavy (non-hydrogen) atoms. The highest BCUT2D eigenvalue weighted by Crippen LogP contribution is 2.27. The number of carbonyl (C=O) groups is 1. The van der Waals surface area contributed by atoms with Crippen LogP contribution in [0.4, 0.5) is 0 Å². The van der Waals surface area contributed by atoms with Crippen LogP contribution in [0.15, 0.2) is 30.3 Å².